The van der Waals surface area contributed by atoms with E-state index in [-0.39, 0.29) is 16.9 Å². The predicted octanol–water partition coefficient (Wildman–Crippen LogP) is 4.59. The summed E-state index contributed by atoms with van der Waals surface area (Å²) < 4.78 is 0.442. The summed E-state index contributed by atoms with van der Waals surface area (Å²) in [5.41, 5.74) is 1.33. The van der Waals surface area contributed by atoms with E-state index in [4.69, 9.17) is 11.6 Å². The minimum atomic E-state index is -0.534. The van der Waals surface area contributed by atoms with Gasteiger partial charge in [-0.2, -0.15) is 5.26 Å². The largest absolute Gasteiger partial charge is 0.381 e. The molecule has 5 nitrogen and oxygen atoms in total. The predicted molar refractivity (Wildman–Crippen MR) is 85.5 cm³/mol. The van der Waals surface area contributed by atoms with Gasteiger partial charge in [-0.1, -0.05) is 29.8 Å². The molecule has 0 aromatic heterocycles. The summed E-state index contributed by atoms with van der Waals surface area (Å²) in [6.45, 7) is 0. The molecule has 0 bridgehead atoms. The lowest BCUT2D eigenvalue weighted by Crippen LogP contribution is -2.02. The lowest BCUT2D eigenvalue weighted by Gasteiger charge is -2.13. The number of rotatable bonds is 3. The molecule has 21 heavy (non-hydrogen) atoms. The fourth-order valence-electron chi connectivity index (χ4n) is 2.07. The van der Waals surface area contributed by atoms with E-state index in [0.717, 1.165) is 0 Å². The first-order chi connectivity index (χ1) is 10.0. The Morgan fingerprint density at radius 1 is 1.43 bits per heavy atom. The van der Waals surface area contributed by atoms with Gasteiger partial charge < -0.3 is 5.32 Å². The van der Waals surface area contributed by atoms with Gasteiger partial charge in [0.15, 0.2) is 0 Å². The second-order valence-corrected chi connectivity index (χ2v) is 5.36. The Morgan fingerprint density at radius 2 is 2.10 bits per heavy atom. The molecule has 0 saturated carbocycles. The molecular formula is C14H9BrClN3O2. The second-order valence-electron chi connectivity index (χ2n) is 4.10. The van der Waals surface area contributed by atoms with Crippen molar-refractivity contribution in [2.24, 2.45) is 0 Å². The Balaban J connectivity index is 2.89. The summed E-state index contributed by atoms with van der Waals surface area (Å²) in [6.07, 6.45) is 0. The fourth-order valence-corrected chi connectivity index (χ4v) is 2.93. The van der Waals surface area contributed by atoms with E-state index in [1.165, 1.54) is 13.1 Å². The number of nitro groups is 1. The monoisotopic (exact) mass is 365 g/mol. The molecule has 0 spiro atoms. The Morgan fingerprint density at radius 3 is 2.62 bits per heavy atom. The Kier molecular flexibility index (Phi) is 4.46. The molecule has 2 aromatic carbocycles. The molecule has 0 fully saturated rings. The molecule has 0 aliphatic rings. The van der Waals surface area contributed by atoms with Gasteiger partial charge in [-0.25, -0.2) is 0 Å². The van der Waals surface area contributed by atoms with Crippen LogP contribution in [0.25, 0.3) is 11.1 Å². The maximum Gasteiger partial charge on any atom is 0.294 e. The summed E-state index contributed by atoms with van der Waals surface area (Å²) in [6, 6.07) is 10.4. The third-order valence-corrected chi connectivity index (χ3v) is 3.92. The van der Waals surface area contributed by atoms with Gasteiger partial charge in [0.2, 0.25) is 0 Å². The number of hydrogen-bond acceptors (Lipinski definition) is 4. The zero-order valence-electron chi connectivity index (χ0n) is 10.9. The summed E-state index contributed by atoms with van der Waals surface area (Å²) in [7, 11) is 1.54. The van der Waals surface area contributed by atoms with Crippen LogP contribution in [0.1, 0.15) is 5.56 Å². The van der Waals surface area contributed by atoms with Gasteiger partial charge in [-0.05, 0) is 22.0 Å². The first kappa shape index (κ1) is 15.3. The van der Waals surface area contributed by atoms with Gasteiger partial charge in [-0.3, -0.25) is 10.1 Å². The van der Waals surface area contributed by atoms with Crippen LogP contribution in [0.4, 0.5) is 11.4 Å². The number of nitro benzene ring substituents is 1. The molecule has 0 amide bonds. The molecule has 0 radical (unpaired) electrons. The summed E-state index contributed by atoms with van der Waals surface area (Å²) in [5.74, 6) is 0. The van der Waals surface area contributed by atoms with Crippen molar-refractivity contribution < 1.29 is 4.92 Å². The van der Waals surface area contributed by atoms with Crippen LogP contribution < -0.4 is 5.32 Å². The second kappa shape index (κ2) is 6.12. The van der Waals surface area contributed by atoms with E-state index < -0.39 is 4.92 Å². The van der Waals surface area contributed by atoms with Crippen LogP contribution in [0, 0.1) is 21.4 Å². The molecule has 2 aromatic rings. The molecule has 0 unspecified atom stereocenters. The van der Waals surface area contributed by atoms with E-state index >= 15 is 0 Å². The van der Waals surface area contributed by atoms with Crippen molar-refractivity contribution in [2.75, 3.05) is 12.4 Å². The minimum Gasteiger partial charge on any atom is -0.381 e. The number of halogens is 2. The minimum absolute atomic E-state index is 0.167. The van der Waals surface area contributed by atoms with E-state index in [1.807, 2.05) is 6.07 Å². The molecule has 0 aliphatic carbocycles. The van der Waals surface area contributed by atoms with Gasteiger partial charge in [0.05, 0.1) is 10.5 Å². The quantitative estimate of drug-likeness (QED) is 0.636. The van der Waals surface area contributed by atoms with Crippen molar-refractivity contribution in [1.29, 1.82) is 5.26 Å². The number of anilines is 1. The highest BCUT2D eigenvalue weighted by Crippen LogP contribution is 2.43. The van der Waals surface area contributed by atoms with Crippen molar-refractivity contribution in [1.82, 2.24) is 0 Å². The van der Waals surface area contributed by atoms with Crippen molar-refractivity contribution in [3.63, 3.8) is 0 Å². The van der Waals surface area contributed by atoms with E-state index in [1.54, 1.807) is 24.3 Å². The van der Waals surface area contributed by atoms with Crippen LogP contribution in [-0.4, -0.2) is 12.0 Å². The maximum atomic E-state index is 11.1. The van der Waals surface area contributed by atoms with Crippen molar-refractivity contribution >= 4 is 38.9 Å². The van der Waals surface area contributed by atoms with E-state index in [9.17, 15) is 15.4 Å². The highest BCUT2D eigenvalue weighted by molar-refractivity contribution is 9.10. The maximum absolute atomic E-state index is 11.1. The van der Waals surface area contributed by atoms with Gasteiger partial charge in [0, 0.05) is 33.7 Å². The summed E-state index contributed by atoms with van der Waals surface area (Å²) in [5, 5.41) is 23.8. The zero-order valence-corrected chi connectivity index (χ0v) is 13.2. The average Bonchev–Trinajstić information content (AvgIpc) is 2.46. The third-order valence-electron chi connectivity index (χ3n) is 2.96. The molecule has 7 heteroatoms. The molecule has 0 atom stereocenters. The highest BCUT2D eigenvalue weighted by atomic mass is 79.9. The number of nitrogens with one attached hydrogen (secondary N) is 1. The van der Waals surface area contributed by atoms with Gasteiger partial charge in [-0.15, -0.1) is 0 Å². The third kappa shape index (κ3) is 2.71. The molecule has 0 heterocycles. The molecular weight excluding hydrogens is 358 g/mol. The van der Waals surface area contributed by atoms with Gasteiger partial charge in [0.1, 0.15) is 11.8 Å². The normalized spacial score (nSPS) is 10.0. The van der Waals surface area contributed by atoms with Crippen LogP contribution in [0.5, 0.6) is 0 Å². The lowest BCUT2D eigenvalue weighted by molar-refractivity contribution is -0.384. The number of hydrogen-bond donors (Lipinski definition) is 1. The molecule has 0 saturated heterocycles. The molecule has 1 N–H and O–H groups in total. The Bertz CT molecular complexity index is 772. The van der Waals surface area contributed by atoms with E-state index in [2.05, 4.69) is 21.2 Å². The first-order valence-electron chi connectivity index (χ1n) is 5.85. The van der Waals surface area contributed by atoms with Crippen LogP contribution >= 0.6 is 27.5 Å². The van der Waals surface area contributed by atoms with Crippen molar-refractivity contribution in [3.8, 4) is 17.2 Å². The van der Waals surface area contributed by atoms with Crippen LogP contribution in [-0.2, 0) is 0 Å². The van der Waals surface area contributed by atoms with Gasteiger partial charge in [0.25, 0.3) is 5.69 Å². The average molecular weight is 367 g/mol. The Hall–Kier alpha value is -2.10. The van der Waals surface area contributed by atoms with Crippen LogP contribution in [0.3, 0.4) is 0 Å². The fraction of sp³-hybridized carbons (Fsp3) is 0.0714. The summed E-state index contributed by atoms with van der Waals surface area (Å²) >= 11 is 9.47. The first-order valence-corrected chi connectivity index (χ1v) is 7.02. The number of nitrogens with zero attached hydrogens (tertiary/aromatic N) is 2. The summed E-state index contributed by atoms with van der Waals surface area (Å²) in [4.78, 5) is 10.6. The molecule has 106 valence electrons. The van der Waals surface area contributed by atoms with Crippen LogP contribution in [0.2, 0.25) is 5.02 Å². The topological polar surface area (TPSA) is 79.0 Å². The van der Waals surface area contributed by atoms with E-state index in [0.29, 0.717) is 20.6 Å². The lowest BCUT2D eigenvalue weighted by atomic mass is 9.97. The standard InChI is InChI=1S/C14H9BrClN3O2/c1-18-14-9(7-17)13(8-4-2-3-5-11(8)16)10(15)6-12(14)19(20)21/h2-6,18H,1H3. The van der Waals surface area contributed by atoms with Crippen molar-refractivity contribution in [2.45, 2.75) is 0 Å². The molecule has 2 rings (SSSR count). The zero-order chi connectivity index (χ0) is 15.6. The SMILES string of the molecule is CNc1c([N+](=O)[O-])cc(Br)c(-c2ccccc2Cl)c1C#N. The highest BCUT2D eigenvalue weighted by Gasteiger charge is 2.24. The van der Waals surface area contributed by atoms with Crippen molar-refractivity contribution in [3.05, 3.63) is 55.5 Å². The number of benzene rings is 2. The number of nitriles is 1. The Labute approximate surface area is 134 Å². The van der Waals surface area contributed by atoms with Crippen LogP contribution in [0.15, 0.2) is 34.8 Å². The smallest absolute Gasteiger partial charge is 0.294 e. The van der Waals surface area contributed by atoms with Gasteiger partial charge >= 0.3 is 0 Å². The molecule has 0 aliphatic heterocycles.